The number of H-pyrrole nitrogens is 1. The Morgan fingerprint density at radius 1 is 1.00 bits per heavy atom. The first-order valence-electron chi connectivity index (χ1n) is 6.85. The standard InChI is InChI=1S/C16H16N2O4S/c1-21-13-4-6-16(15(10-13)22-2)23(19,20)18-12-3-5-14-11(9-12)7-8-17-14/h3-10,17-18H,1-2H3. The largest absolute Gasteiger partial charge is 0.497 e. The van der Waals surface area contributed by atoms with E-state index in [4.69, 9.17) is 9.47 Å². The van der Waals surface area contributed by atoms with Gasteiger partial charge in [-0.05, 0) is 36.4 Å². The van der Waals surface area contributed by atoms with E-state index in [0.29, 0.717) is 11.4 Å². The smallest absolute Gasteiger partial charge is 0.265 e. The number of aromatic amines is 1. The third-order valence-corrected chi connectivity index (χ3v) is 4.89. The van der Waals surface area contributed by atoms with Gasteiger partial charge in [-0.15, -0.1) is 0 Å². The lowest BCUT2D eigenvalue weighted by molar-refractivity contribution is 0.386. The molecule has 0 saturated heterocycles. The number of sulfonamides is 1. The van der Waals surface area contributed by atoms with Gasteiger partial charge >= 0.3 is 0 Å². The highest BCUT2D eigenvalue weighted by Gasteiger charge is 2.20. The summed E-state index contributed by atoms with van der Waals surface area (Å²) >= 11 is 0. The molecule has 0 aliphatic heterocycles. The van der Waals surface area contributed by atoms with Crippen molar-refractivity contribution in [3.05, 3.63) is 48.7 Å². The summed E-state index contributed by atoms with van der Waals surface area (Å²) in [6, 6.07) is 11.7. The average Bonchev–Trinajstić information content (AvgIpc) is 3.01. The van der Waals surface area contributed by atoms with E-state index in [1.54, 1.807) is 24.4 Å². The molecule has 2 aromatic carbocycles. The van der Waals surface area contributed by atoms with Gasteiger partial charge in [0.1, 0.15) is 16.4 Å². The van der Waals surface area contributed by atoms with E-state index in [1.165, 1.54) is 26.4 Å². The molecule has 6 nitrogen and oxygen atoms in total. The fourth-order valence-electron chi connectivity index (χ4n) is 2.32. The Bertz CT molecular complexity index is 948. The Labute approximate surface area is 134 Å². The van der Waals surface area contributed by atoms with Gasteiger partial charge in [0.25, 0.3) is 10.0 Å². The molecule has 7 heteroatoms. The van der Waals surface area contributed by atoms with Gasteiger partial charge in [-0.1, -0.05) is 0 Å². The maximum atomic E-state index is 12.6. The van der Waals surface area contributed by atoms with Crippen molar-refractivity contribution < 1.29 is 17.9 Å². The second-order valence-electron chi connectivity index (χ2n) is 4.90. The van der Waals surface area contributed by atoms with Crippen molar-refractivity contribution >= 4 is 26.6 Å². The molecule has 0 amide bonds. The summed E-state index contributed by atoms with van der Waals surface area (Å²) in [5, 5.41) is 0.923. The maximum Gasteiger partial charge on any atom is 0.265 e. The molecule has 1 heterocycles. The Kier molecular flexibility index (Phi) is 3.87. The zero-order valence-corrected chi connectivity index (χ0v) is 13.5. The van der Waals surface area contributed by atoms with Gasteiger partial charge in [-0.25, -0.2) is 8.42 Å². The van der Waals surface area contributed by atoms with Crippen LogP contribution in [-0.2, 0) is 10.0 Å². The minimum atomic E-state index is -3.77. The number of aromatic nitrogens is 1. The van der Waals surface area contributed by atoms with Gasteiger partial charge in [-0.2, -0.15) is 0 Å². The molecule has 0 aliphatic rings. The van der Waals surface area contributed by atoms with Crippen LogP contribution in [-0.4, -0.2) is 27.6 Å². The summed E-state index contributed by atoms with van der Waals surface area (Å²) < 4.78 is 38.0. The molecule has 0 fully saturated rings. The Hall–Kier alpha value is -2.67. The lowest BCUT2D eigenvalue weighted by Crippen LogP contribution is -2.14. The molecule has 0 radical (unpaired) electrons. The number of anilines is 1. The predicted octanol–water partition coefficient (Wildman–Crippen LogP) is 2.99. The van der Waals surface area contributed by atoms with Gasteiger partial charge in [0.05, 0.1) is 14.2 Å². The van der Waals surface area contributed by atoms with Crippen LogP contribution >= 0.6 is 0 Å². The van der Waals surface area contributed by atoms with Crippen LogP contribution in [0.4, 0.5) is 5.69 Å². The topological polar surface area (TPSA) is 80.4 Å². The van der Waals surface area contributed by atoms with Gasteiger partial charge in [0.15, 0.2) is 0 Å². The summed E-state index contributed by atoms with van der Waals surface area (Å²) in [5.41, 5.74) is 1.42. The molecule has 2 N–H and O–H groups in total. The van der Waals surface area contributed by atoms with Crippen molar-refractivity contribution in [2.75, 3.05) is 18.9 Å². The quantitative estimate of drug-likeness (QED) is 0.753. The number of methoxy groups -OCH3 is 2. The second-order valence-corrected chi connectivity index (χ2v) is 6.55. The SMILES string of the molecule is COc1ccc(S(=O)(=O)Nc2ccc3[nH]ccc3c2)c(OC)c1. The third kappa shape index (κ3) is 2.95. The van der Waals surface area contributed by atoms with Crippen molar-refractivity contribution in [2.45, 2.75) is 4.90 Å². The molecule has 23 heavy (non-hydrogen) atoms. The zero-order valence-electron chi connectivity index (χ0n) is 12.7. The monoisotopic (exact) mass is 332 g/mol. The Morgan fingerprint density at radius 3 is 2.57 bits per heavy atom. The van der Waals surface area contributed by atoms with Gasteiger partial charge in [0, 0.05) is 28.9 Å². The summed E-state index contributed by atoms with van der Waals surface area (Å²) in [6.07, 6.45) is 1.80. The van der Waals surface area contributed by atoms with E-state index < -0.39 is 10.0 Å². The first kappa shape index (κ1) is 15.2. The van der Waals surface area contributed by atoms with E-state index in [1.807, 2.05) is 12.1 Å². The van der Waals surface area contributed by atoms with E-state index in [9.17, 15) is 8.42 Å². The van der Waals surface area contributed by atoms with Gasteiger partial charge in [-0.3, -0.25) is 4.72 Å². The zero-order chi connectivity index (χ0) is 16.4. The first-order chi connectivity index (χ1) is 11.0. The Morgan fingerprint density at radius 2 is 1.83 bits per heavy atom. The van der Waals surface area contributed by atoms with Crippen molar-refractivity contribution in [2.24, 2.45) is 0 Å². The molecule has 0 spiro atoms. The van der Waals surface area contributed by atoms with E-state index in [0.717, 1.165) is 10.9 Å². The van der Waals surface area contributed by atoms with Crippen LogP contribution in [0.15, 0.2) is 53.6 Å². The van der Waals surface area contributed by atoms with Crippen LogP contribution in [0.25, 0.3) is 10.9 Å². The van der Waals surface area contributed by atoms with Gasteiger partial charge < -0.3 is 14.5 Å². The van der Waals surface area contributed by atoms with Crippen LogP contribution in [0.3, 0.4) is 0 Å². The van der Waals surface area contributed by atoms with Crippen molar-refractivity contribution in [1.29, 1.82) is 0 Å². The number of ether oxygens (including phenoxy) is 2. The van der Waals surface area contributed by atoms with E-state index in [-0.39, 0.29) is 10.6 Å². The van der Waals surface area contributed by atoms with Crippen LogP contribution < -0.4 is 14.2 Å². The normalized spacial score (nSPS) is 11.4. The highest BCUT2D eigenvalue weighted by atomic mass is 32.2. The number of benzene rings is 2. The van der Waals surface area contributed by atoms with Crippen molar-refractivity contribution in [3.63, 3.8) is 0 Å². The van der Waals surface area contributed by atoms with Crippen molar-refractivity contribution in [3.8, 4) is 11.5 Å². The summed E-state index contributed by atoms with van der Waals surface area (Å²) in [4.78, 5) is 3.11. The van der Waals surface area contributed by atoms with Crippen LogP contribution in [0.2, 0.25) is 0 Å². The molecule has 1 aromatic heterocycles. The van der Waals surface area contributed by atoms with Gasteiger partial charge in [0.2, 0.25) is 0 Å². The highest BCUT2D eigenvalue weighted by molar-refractivity contribution is 7.92. The number of nitrogens with one attached hydrogen (secondary N) is 2. The fraction of sp³-hybridized carbons (Fsp3) is 0.125. The van der Waals surface area contributed by atoms with E-state index in [2.05, 4.69) is 9.71 Å². The maximum absolute atomic E-state index is 12.6. The molecule has 3 aromatic rings. The molecule has 0 atom stereocenters. The summed E-state index contributed by atoms with van der Waals surface area (Å²) in [6.45, 7) is 0. The number of hydrogen-bond donors (Lipinski definition) is 2. The average molecular weight is 332 g/mol. The minimum Gasteiger partial charge on any atom is -0.497 e. The third-order valence-electron chi connectivity index (χ3n) is 3.47. The summed E-state index contributed by atoms with van der Waals surface area (Å²) in [5.74, 6) is 0.745. The highest BCUT2D eigenvalue weighted by Crippen LogP contribution is 2.30. The fourth-order valence-corrected chi connectivity index (χ4v) is 3.53. The first-order valence-corrected chi connectivity index (χ1v) is 8.34. The summed E-state index contributed by atoms with van der Waals surface area (Å²) in [7, 11) is -0.850. The molecule has 0 saturated carbocycles. The van der Waals surface area contributed by atoms with Crippen LogP contribution in [0, 0.1) is 0 Å². The van der Waals surface area contributed by atoms with Crippen LogP contribution in [0.1, 0.15) is 0 Å². The molecular weight excluding hydrogens is 316 g/mol. The number of fused-ring (bicyclic) bond motifs is 1. The lowest BCUT2D eigenvalue weighted by Gasteiger charge is -2.12. The lowest BCUT2D eigenvalue weighted by atomic mass is 10.2. The molecule has 0 unspecified atom stereocenters. The number of rotatable bonds is 5. The molecule has 3 rings (SSSR count). The van der Waals surface area contributed by atoms with Crippen molar-refractivity contribution in [1.82, 2.24) is 4.98 Å². The molecule has 120 valence electrons. The number of hydrogen-bond acceptors (Lipinski definition) is 4. The molecular formula is C16H16N2O4S. The second kappa shape index (κ2) is 5.85. The van der Waals surface area contributed by atoms with Crippen LogP contribution in [0.5, 0.6) is 11.5 Å². The minimum absolute atomic E-state index is 0.0509. The Balaban J connectivity index is 1.97. The predicted molar refractivity (Wildman–Crippen MR) is 88.7 cm³/mol. The van der Waals surface area contributed by atoms with E-state index >= 15 is 0 Å². The molecule has 0 bridgehead atoms. The molecule has 0 aliphatic carbocycles.